The summed E-state index contributed by atoms with van der Waals surface area (Å²) in [5.74, 6) is -0.655. The smallest absolute Gasteiger partial charge is 0.264 e. The van der Waals surface area contributed by atoms with Gasteiger partial charge in [0.1, 0.15) is 12.6 Å². The zero-order valence-corrected chi connectivity index (χ0v) is 25.6. The molecule has 3 rings (SSSR count). The van der Waals surface area contributed by atoms with E-state index in [1.807, 2.05) is 20.8 Å². The topological polar surface area (TPSA) is 86.8 Å². The summed E-state index contributed by atoms with van der Waals surface area (Å²) >= 11 is 12.4. The highest BCUT2D eigenvalue weighted by Gasteiger charge is 2.33. The second-order valence-corrected chi connectivity index (χ2v) is 12.9. The first-order chi connectivity index (χ1) is 18.8. The average molecular weight is 605 g/mol. The maximum atomic E-state index is 14.0. The summed E-state index contributed by atoms with van der Waals surface area (Å²) in [7, 11) is -4.18. The molecule has 0 heterocycles. The number of hydrogen-bond acceptors (Lipinski definition) is 4. The minimum Gasteiger partial charge on any atom is -0.354 e. The van der Waals surface area contributed by atoms with Gasteiger partial charge in [0.05, 0.1) is 10.6 Å². The molecular formula is C30H35Cl2N3O4S. The number of carbonyl (C=O) groups excluding carboxylic acids is 2. The number of aryl methyl sites for hydroxylation is 1. The van der Waals surface area contributed by atoms with Crippen molar-refractivity contribution in [1.82, 2.24) is 10.2 Å². The van der Waals surface area contributed by atoms with Crippen LogP contribution in [0, 0.1) is 19.8 Å². The molecule has 0 unspecified atom stereocenters. The third-order valence-corrected chi connectivity index (χ3v) is 8.95. The van der Waals surface area contributed by atoms with Crippen LogP contribution in [-0.2, 0) is 26.2 Å². The molecule has 3 aromatic rings. The first kappa shape index (κ1) is 31.5. The highest BCUT2D eigenvalue weighted by atomic mass is 35.5. The first-order valence-corrected chi connectivity index (χ1v) is 15.2. The molecule has 1 atom stereocenters. The lowest BCUT2D eigenvalue weighted by atomic mass is 10.1. The van der Waals surface area contributed by atoms with Gasteiger partial charge in [0.2, 0.25) is 11.8 Å². The van der Waals surface area contributed by atoms with Crippen LogP contribution in [0.1, 0.15) is 37.5 Å². The molecule has 1 N–H and O–H groups in total. The van der Waals surface area contributed by atoms with Gasteiger partial charge >= 0.3 is 0 Å². The fourth-order valence-corrected chi connectivity index (χ4v) is 5.81. The molecule has 0 saturated carbocycles. The maximum absolute atomic E-state index is 14.0. The number of nitrogens with one attached hydrogen (secondary N) is 1. The zero-order chi connectivity index (χ0) is 29.6. The van der Waals surface area contributed by atoms with Crippen LogP contribution in [-0.4, -0.2) is 44.3 Å². The van der Waals surface area contributed by atoms with Gasteiger partial charge in [-0.2, -0.15) is 0 Å². The number of rotatable bonds is 11. The Balaban J connectivity index is 2.05. The van der Waals surface area contributed by atoms with Crippen molar-refractivity contribution in [2.24, 2.45) is 5.92 Å². The maximum Gasteiger partial charge on any atom is 0.264 e. The highest BCUT2D eigenvalue weighted by molar-refractivity contribution is 7.92. The van der Waals surface area contributed by atoms with E-state index in [1.54, 1.807) is 68.4 Å². The molecule has 214 valence electrons. The summed E-state index contributed by atoms with van der Waals surface area (Å²) in [6.45, 7) is 9.14. The van der Waals surface area contributed by atoms with Gasteiger partial charge in [0.25, 0.3) is 10.0 Å². The van der Waals surface area contributed by atoms with Crippen LogP contribution in [0.3, 0.4) is 0 Å². The number of nitrogens with zero attached hydrogens (tertiary/aromatic N) is 2. The third-order valence-electron chi connectivity index (χ3n) is 6.51. The molecule has 0 aliphatic heterocycles. The molecule has 0 saturated heterocycles. The lowest BCUT2D eigenvalue weighted by Crippen LogP contribution is -2.51. The van der Waals surface area contributed by atoms with E-state index in [4.69, 9.17) is 23.2 Å². The Morgan fingerprint density at radius 2 is 1.52 bits per heavy atom. The van der Waals surface area contributed by atoms with Crippen LogP contribution in [0.15, 0.2) is 71.6 Å². The van der Waals surface area contributed by atoms with E-state index in [0.717, 1.165) is 15.4 Å². The zero-order valence-electron chi connectivity index (χ0n) is 23.3. The Morgan fingerprint density at radius 1 is 0.900 bits per heavy atom. The van der Waals surface area contributed by atoms with Crippen molar-refractivity contribution in [2.75, 3.05) is 17.4 Å². The second-order valence-electron chi connectivity index (χ2n) is 10.2. The van der Waals surface area contributed by atoms with Gasteiger partial charge in [-0.05, 0) is 74.2 Å². The number of halogens is 2. The molecule has 10 heteroatoms. The van der Waals surface area contributed by atoms with Gasteiger partial charge in [-0.3, -0.25) is 13.9 Å². The molecule has 3 aromatic carbocycles. The Morgan fingerprint density at radius 3 is 2.12 bits per heavy atom. The van der Waals surface area contributed by atoms with E-state index >= 15 is 0 Å². The Hall–Kier alpha value is -3.07. The van der Waals surface area contributed by atoms with Gasteiger partial charge in [-0.25, -0.2) is 8.42 Å². The van der Waals surface area contributed by atoms with E-state index in [9.17, 15) is 18.0 Å². The fourth-order valence-electron chi connectivity index (χ4n) is 4.04. The number of hydrogen-bond donors (Lipinski definition) is 1. The standard InChI is InChI=1S/C30H35Cl2N3O4S/c1-20(2)17-33-30(37)23(5)34(18-24-11-13-25(31)14-12-24)29(36)19-35(28-8-6-7-27(32)22(28)4)40(38,39)26-15-9-21(3)10-16-26/h6-16,20,23H,17-19H2,1-5H3,(H,33,37)/t23-/m0/s1. The molecular weight excluding hydrogens is 569 g/mol. The molecule has 40 heavy (non-hydrogen) atoms. The third kappa shape index (κ3) is 7.77. The molecule has 0 aliphatic carbocycles. The van der Waals surface area contributed by atoms with Gasteiger partial charge in [0, 0.05) is 23.1 Å². The number of carbonyl (C=O) groups is 2. The average Bonchev–Trinajstić information content (AvgIpc) is 2.91. The van der Waals surface area contributed by atoms with Gasteiger partial charge < -0.3 is 10.2 Å². The van der Waals surface area contributed by atoms with Crippen molar-refractivity contribution in [3.05, 3.63) is 93.5 Å². The van der Waals surface area contributed by atoms with Gasteiger partial charge in [0.15, 0.2) is 0 Å². The summed E-state index contributed by atoms with van der Waals surface area (Å²) in [6, 6.07) is 17.4. The lowest BCUT2D eigenvalue weighted by Gasteiger charge is -2.32. The van der Waals surface area contributed by atoms with Crippen LogP contribution in [0.2, 0.25) is 10.0 Å². The molecule has 0 bridgehead atoms. The Bertz CT molecular complexity index is 1440. The molecule has 0 aliphatic rings. The van der Waals surface area contributed by atoms with Crippen LogP contribution in [0.4, 0.5) is 5.69 Å². The van der Waals surface area contributed by atoms with E-state index in [2.05, 4.69) is 5.32 Å². The van der Waals surface area contributed by atoms with Gasteiger partial charge in [-0.15, -0.1) is 0 Å². The predicted molar refractivity (Wildman–Crippen MR) is 161 cm³/mol. The molecule has 0 radical (unpaired) electrons. The normalized spacial score (nSPS) is 12.2. The first-order valence-electron chi connectivity index (χ1n) is 13.0. The van der Waals surface area contributed by atoms with Crippen LogP contribution >= 0.6 is 23.2 Å². The molecule has 7 nitrogen and oxygen atoms in total. The fraction of sp³-hybridized carbons (Fsp3) is 0.333. The van der Waals surface area contributed by atoms with Crippen molar-refractivity contribution in [3.63, 3.8) is 0 Å². The minimum atomic E-state index is -4.18. The van der Waals surface area contributed by atoms with Gasteiger partial charge in [-0.1, -0.05) is 72.9 Å². The molecule has 0 spiro atoms. The van der Waals surface area contributed by atoms with Crippen LogP contribution in [0.5, 0.6) is 0 Å². The summed E-state index contributed by atoms with van der Waals surface area (Å²) in [5.41, 5.74) is 2.44. The number of amides is 2. The van der Waals surface area contributed by atoms with E-state index in [0.29, 0.717) is 22.2 Å². The van der Waals surface area contributed by atoms with E-state index in [-0.39, 0.29) is 29.0 Å². The van der Waals surface area contributed by atoms with Crippen LogP contribution in [0.25, 0.3) is 0 Å². The number of sulfonamides is 1. The summed E-state index contributed by atoms with van der Waals surface area (Å²) in [5, 5.41) is 3.78. The summed E-state index contributed by atoms with van der Waals surface area (Å²) in [6.07, 6.45) is 0. The Labute approximate surface area is 247 Å². The largest absolute Gasteiger partial charge is 0.354 e. The van der Waals surface area contributed by atoms with E-state index < -0.39 is 28.5 Å². The number of benzene rings is 3. The SMILES string of the molecule is Cc1ccc(S(=O)(=O)N(CC(=O)N(Cc2ccc(Cl)cc2)[C@@H](C)C(=O)NCC(C)C)c2cccc(Cl)c2C)cc1. The quantitative estimate of drug-likeness (QED) is 0.291. The van der Waals surface area contributed by atoms with Crippen molar-refractivity contribution >= 4 is 50.7 Å². The highest BCUT2D eigenvalue weighted by Crippen LogP contribution is 2.31. The number of anilines is 1. The van der Waals surface area contributed by atoms with Crippen molar-refractivity contribution in [1.29, 1.82) is 0 Å². The Kier molecular flexibility index (Phi) is 10.6. The minimum absolute atomic E-state index is 0.0391. The van der Waals surface area contributed by atoms with Crippen molar-refractivity contribution < 1.29 is 18.0 Å². The molecule has 0 fully saturated rings. The monoisotopic (exact) mass is 603 g/mol. The summed E-state index contributed by atoms with van der Waals surface area (Å²) in [4.78, 5) is 28.5. The molecule has 2 amide bonds. The van der Waals surface area contributed by atoms with Crippen molar-refractivity contribution in [2.45, 2.75) is 52.1 Å². The summed E-state index contributed by atoms with van der Waals surface area (Å²) < 4.78 is 29.0. The molecule has 0 aromatic heterocycles. The van der Waals surface area contributed by atoms with Crippen LogP contribution < -0.4 is 9.62 Å². The predicted octanol–water partition coefficient (Wildman–Crippen LogP) is 6.00. The second kappa shape index (κ2) is 13.5. The van der Waals surface area contributed by atoms with E-state index in [1.165, 1.54) is 17.0 Å². The van der Waals surface area contributed by atoms with Crippen molar-refractivity contribution in [3.8, 4) is 0 Å². The lowest BCUT2D eigenvalue weighted by molar-refractivity contribution is -0.139.